The van der Waals surface area contributed by atoms with Crippen LogP contribution < -0.4 is 20.5 Å². The quantitative estimate of drug-likeness (QED) is 0.803. The molecule has 0 bridgehead atoms. The Labute approximate surface area is 141 Å². The molecule has 0 aliphatic carbocycles. The summed E-state index contributed by atoms with van der Waals surface area (Å²) in [6.45, 7) is 1.59. The number of nitrogens with zero attached hydrogens (tertiary/aromatic N) is 2. The van der Waals surface area contributed by atoms with Crippen LogP contribution in [0.2, 0.25) is 0 Å². The second kappa shape index (κ2) is 6.75. The number of halogens is 3. The fraction of sp³-hybridized carbons (Fsp3) is 0.375. The minimum absolute atomic E-state index is 0.222. The van der Waals surface area contributed by atoms with Crippen molar-refractivity contribution in [1.29, 1.82) is 0 Å². The van der Waals surface area contributed by atoms with Crippen LogP contribution in [0.5, 0.6) is 5.75 Å². The summed E-state index contributed by atoms with van der Waals surface area (Å²) in [4.78, 5) is 13.1. The Kier molecular flexibility index (Phi) is 4.67. The number of hydrogen-bond acceptors (Lipinski definition) is 5. The molecule has 1 aromatic heterocycles. The summed E-state index contributed by atoms with van der Waals surface area (Å²) < 4.78 is 45.5. The van der Waals surface area contributed by atoms with Gasteiger partial charge < -0.3 is 15.0 Å². The summed E-state index contributed by atoms with van der Waals surface area (Å²) in [5.41, 5.74) is -1.00. The number of fused-ring (bicyclic) bond motifs is 1. The maximum absolute atomic E-state index is 13.3. The van der Waals surface area contributed by atoms with Gasteiger partial charge in [0, 0.05) is 25.2 Å². The van der Waals surface area contributed by atoms with E-state index in [9.17, 15) is 18.0 Å². The first-order valence-corrected chi connectivity index (χ1v) is 7.70. The Hall–Kier alpha value is -2.55. The Morgan fingerprint density at radius 2 is 2.16 bits per heavy atom. The molecule has 2 N–H and O–H groups in total. The first-order chi connectivity index (χ1) is 11.9. The molecule has 9 heteroatoms. The highest BCUT2D eigenvalue weighted by atomic mass is 19.4. The summed E-state index contributed by atoms with van der Waals surface area (Å²) >= 11 is 0. The maximum Gasteiger partial charge on any atom is 0.423 e. The third kappa shape index (κ3) is 3.46. The largest absolute Gasteiger partial charge is 0.492 e. The van der Waals surface area contributed by atoms with E-state index in [-0.39, 0.29) is 18.8 Å². The summed E-state index contributed by atoms with van der Waals surface area (Å²) in [7, 11) is 1.80. The van der Waals surface area contributed by atoms with Crippen molar-refractivity contribution in [2.75, 3.05) is 25.1 Å². The lowest BCUT2D eigenvalue weighted by Gasteiger charge is -2.21. The lowest BCUT2D eigenvalue weighted by atomic mass is 10.1. The predicted octanol–water partition coefficient (Wildman–Crippen LogP) is 1.91. The normalized spacial score (nSPS) is 13.8. The highest BCUT2D eigenvalue weighted by Crippen LogP contribution is 2.38. The summed E-state index contributed by atoms with van der Waals surface area (Å²) in [6, 6.07) is 5.44. The third-order valence-electron chi connectivity index (χ3n) is 4.01. The average Bonchev–Trinajstić information content (AvgIpc) is 2.98. The van der Waals surface area contributed by atoms with Crippen molar-refractivity contribution in [3.63, 3.8) is 0 Å². The van der Waals surface area contributed by atoms with Crippen LogP contribution >= 0.6 is 0 Å². The highest BCUT2D eigenvalue weighted by Gasteiger charge is 2.39. The number of aromatic amines is 1. The fourth-order valence-electron chi connectivity index (χ4n) is 2.86. The number of benzene rings is 1. The molecule has 1 aromatic carbocycles. The highest BCUT2D eigenvalue weighted by molar-refractivity contribution is 5.58. The van der Waals surface area contributed by atoms with Gasteiger partial charge in [0.25, 0.3) is 5.56 Å². The molecular formula is C16H17F3N4O2. The van der Waals surface area contributed by atoms with Crippen molar-refractivity contribution in [3.8, 4) is 5.75 Å². The zero-order valence-electron chi connectivity index (χ0n) is 13.5. The van der Waals surface area contributed by atoms with E-state index in [1.165, 1.54) is 4.90 Å². The lowest BCUT2D eigenvalue weighted by Crippen LogP contribution is -2.28. The number of alkyl halides is 3. The Balaban J connectivity index is 1.92. The molecule has 3 rings (SSSR count). The monoisotopic (exact) mass is 354 g/mol. The number of nitrogens with one attached hydrogen (secondary N) is 2. The smallest absolute Gasteiger partial charge is 0.423 e. The molecule has 0 fully saturated rings. The first kappa shape index (κ1) is 17.3. The summed E-state index contributed by atoms with van der Waals surface area (Å²) in [5.74, 6) is 0.640. The van der Waals surface area contributed by atoms with E-state index < -0.39 is 17.3 Å². The van der Waals surface area contributed by atoms with Crippen molar-refractivity contribution in [1.82, 2.24) is 15.5 Å². The molecule has 0 radical (unpaired) electrons. The van der Waals surface area contributed by atoms with Gasteiger partial charge in [-0.1, -0.05) is 12.1 Å². The van der Waals surface area contributed by atoms with Crippen LogP contribution in [0.25, 0.3) is 0 Å². The molecule has 1 aliphatic rings. The molecule has 0 unspecified atom stereocenters. The average molecular weight is 354 g/mol. The van der Waals surface area contributed by atoms with E-state index in [1.807, 2.05) is 11.2 Å². The molecule has 6 nitrogen and oxygen atoms in total. The lowest BCUT2D eigenvalue weighted by molar-refractivity contribution is -0.138. The van der Waals surface area contributed by atoms with E-state index in [4.69, 9.17) is 4.74 Å². The molecule has 0 saturated heterocycles. The summed E-state index contributed by atoms with van der Waals surface area (Å²) in [6.07, 6.45) is -3.72. The van der Waals surface area contributed by atoms with Gasteiger partial charge in [-0.05, 0) is 18.7 Å². The second-order valence-corrected chi connectivity index (χ2v) is 5.66. The van der Waals surface area contributed by atoms with E-state index in [0.29, 0.717) is 18.9 Å². The van der Waals surface area contributed by atoms with Gasteiger partial charge in [-0.15, -0.1) is 0 Å². The minimum Gasteiger partial charge on any atom is -0.492 e. The molecule has 0 atom stereocenters. The number of ether oxygens (including phenoxy) is 1. The first-order valence-electron chi connectivity index (χ1n) is 7.70. The van der Waals surface area contributed by atoms with Gasteiger partial charge in [0.1, 0.15) is 17.9 Å². The van der Waals surface area contributed by atoms with Gasteiger partial charge in [0.2, 0.25) is 0 Å². The molecular weight excluding hydrogens is 337 g/mol. The topological polar surface area (TPSA) is 70.2 Å². The van der Waals surface area contributed by atoms with Gasteiger partial charge in [0.15, 0.2) is 0 Å². The van der Waals surface area contributed by atoms with Crippen molar-refractivity contribution >= 4 is 5.69 Å². The minimum atomic E-state index is -4.76. The SMILES string of the molecule is CNCCOc1cccc2c1CN(c1cn[nH]c(=O)c1C(F)(F)F)C2. The molecule has 0 spiro atoms. The van der Waals surface area contributed by atoms with Crippen LogP contribution in [0.4, 0.5) is 18.9 Å². The van der Waals surface area contributed by atoms with Crippen LogP contribution in [0.1, 0.15) is 16.7 Å². The van der Waals surface area contributed by atoms with Gasteiger partial charge in [0.05, 0.1) is 11.9 Å². The van der Waals surface area contributed by atoms with Gasteiger partial charge >= 0.3 is 6.18 Å². The molecule has 134 valence electrons. The number of rotatable bonds is 5. The van der Waals surface area contributed by atoms with Crippen LogP contribution in [-0.2, 0) is 19.3 Å². The van der Waals surface area contributed by atoms with Gasteiger partial charge in [-0.2, -0.15) is 18.3 Å². The Morgan fingerprint density at radius 3 is 2.88 bits per heavy atom. The number of aromatic nitrogens is 2. The molecule has 0 saturated carbocycles. The summed E-state index contributed by atoms with van der Waals surface area (Å²) in [5, 5.41) is 8.35. The number of H-pyrrole nitrogens is 1. The number of anilines is 1. The molecule has 0 amide bonds. The van der Waals surface area contributed by atoms with Crippen LogP contribution in [-0.4, -0.2) is 30.4 Å². The van der Waals surface area contributed by atoms with Gasteiger partial charge in [-0.3, -0.25) is 4.79 Å². The predicted molar refractivity (Wildman–Crippen MR) is 85.6 cm³/mol. The Morgan fingerprint density at radius 1 is 1.36 bits per heavy atom. The number of likely N-dealkylation sites (N-methyl/N-ethyl adjacent to an activating group) is 1. The van der Waals surface area contributed by atoms with Crippen molar-refractivity contribution in [3.05, 3.63) is 51.4 Å². The second-order valence-electron chi connectivity index (χ2n) is 5.66. The molecule has 25 heavy (non-hydrogen) atoms. The molecule has 1 aliphatic heterocycles. The zero-order chi connectivity index (χ0) is 18.0. The van der Waals surface area contributed by atoms with E-state index in [1.54, 1.807) is 19.2 Å². The fourth-order valence-corrected chi connectivity index (χ4v) is 2.86. The van der Waals surface area contributed by atoms with E-state index in [2.05, 4.69) is 10.4 Å². The van der Waals surface area contributed by atoms with Crippen LogP contribution in [0, 0.1) is 0 Å². The van der Waals surface area contributed by atoms with E-state index in [0.717, 1.165) is 17.3 Å². The molecule has 2 aromatic rings. The van der Waals surface area contributed by atoms with Crippen molar-refractivity contribution in [2.45, 2.75) is 19.3 Å². The van der Waals surface area contributed by atoms with Gasteiger partial charge in [-0.25, -0.2) is 5.10 Å². The number of hydrogen-bond donors (Lipinski definition) is 2. The standard InChI is InChI=1S/C16H17F3N4O2/c1-20-5-6-25-13-4-2-3-10-8-23(9-11(10)13)12-7-21-22-15(24)14(12)16(17,18)19/h2-4,7,20H,5-6,8-9H2,1H3,(H,22,24). The Bertz CT molecular complexity index is 820. The van der Waals surface area contributed by atoms with Crippen LogP contribution in [0.15, 0.2) is 29.2 Å². The van der Waals surface area contributed by atoms with Crippen molar-refractivity contribution < 1.29 is 17.9 Å². The maximum atomic E-state index is 13.3. The third-order valence-corrected chi connectivity index (χ3v) is 4.01. The zero-order valence-corrected chi connectivity index (χ0v) is 13.5. The van der Waals surface area contributed by atoms with Crippen LogP contribution in [0.3, 0.4) is 0 Å². The van der Waals surface area contributed by atoms with Crippen molar-refractivity contribution in [2.24, 2.45) is 0 Å². The molecule has 2 heterocycles. The van der Waals surface area contributed by atoms with E-state index >= 15 is 0 Å².